The van der Waals surface area contributed by atoms with Crippen LogP contribution in [0.5, 0.6) is 0 Å². The van der Waals surface area contributed by atoms with E-state index in [2.05, 4.69) is 29.0 Å². The van der Waals surface area contributed by atoms with Gasteiger partial charge in [-0.25, -0.2) is 13.4 Å². The quantitative estimate of drug-likeness (QED) is 0.609. The zero-order valence-electron chi connectivity index (χ0n) is 19.5. The first kappa shape index (κ1) is 24.2. The van der Waals surface area contributed by atoms with E-state index in [1.807, 2.05) is 0 Å². The topological polar surface area (TPSA) is 87.5 Å². The Labute approximate surface area is 187 Å². The molecule has 0 aromatic carbocycles. The first-order valence-corrected chi connectivity index (χ1v) is 13.1. The molecule has 8 nitrogen and oxygen atoms in total. The molecule has 31 heavy (non-hydrogen) atoms. The van der Waals surface area contributed by atoms with Crippen LogP contribution in [0.1, 0.15) is 51.8 Å². The van der Waals surface area contributed by atoms with Crippen LogP contribution in [-0.4, -0.2) is 72.3 Å². The average molecular weight is 454 g/mol. The minimum absolute atomic E-state index is 0.0611. The largest absolute Gasteiger partial charge is 0.356 e. The molecule has 0 bridgehead atoms. The predicted octanol–water partition coefficient (Wildman–Crippen LogP) is 2.00. The number of hydrogen-bond acceptors (Lipinski definition) is 5. The number of carbonyl (C=O) groups excluding carboxylic acids is 1. The molecular formula is C22H39N5O3S. The van der Waals surface area contributed by atoms with Crippen LogP contribution < -0.4 is 5.32 Å². The van der Waals surface area contributed by atoms with Gasteiger partial charge < -0.3 is 14.8 Å². The lowest BCUT2D eigenvalue weighted by atomic mass is 9.92. The summed E-state index contributed by atoms with van der Waals surface area (Å²) in [6, 6.07) is 0. The second kappa shape index (κ2) is 10.4. The van der Waals surface area contributed by atoms with Crippen molar-refractivity contribution < 1.29 is 13.2 Å². The van der Waals surface area contributed by atoms with Crippen molar-refractivity contribution >= 4 is 15.9 Å². The fourth-order valence-electron chi connectivity index (χ4n) is 4.93. The first-order chi connectivity index (χ1) is 14.7. The molecule has 2 unspecified atom stereocenters. The molecule has 3 rings (SSSR count). The molecule has 0 aliphatic carbocycles. The van der Waals surface area contributed by atoms with Crippen LogP contribution >= 0.6 is 0 Å². The lowest BCUT2D eigenvalue weighted by molar-refractivity contribution is -0.126. The molecule has 176 valence electrons. The second-order valence-corrected chi connectivity index (χ2v) is 11.5. The SMILES string of the molecule is Cc1nc(S(=O)(=O)N2CCC(C(=O)NCCCCN3CC(C)CC(C)C3)CC2)cn1C. The molecule has 1 aromatic rings. The highest BCUT2D eigenvalue weighted by Crippen LogP contribution is 2.24. The lowest BCUT2D eigenvalue weighted by Gasteiger charge is -2.35. The van der Waals surface area contributed by atoms with Crippen LogP contribution in [0.25, 0.3) is 0 Å². The number of amides is 1. The number of imidazole rings is 1. The number of aryl methyl sites for hydroxylation is 2. The fourth-order valence-corrected chi connectivity index (χ4v) is 6.43. The number of hydrogen-bond donors (Lipinski definition) is 1. The van der Waals surface area contributed by atoms with E-state index in [0.29, 0.717) is 38.3 Å². The fraction of sp³-hybridized carbons (Fsp3) is 0.818. The number of aromatic nitrogens is 2. The van der Waals surface area contributed by atoms with Gasteiger partial charge in [-0.3, -0.25) is 4.79 Å². The van der Waals surface area contributed by atoms with Gasteiger partial charge in [-0.2, -0.15) is 4.31 Å². The third-order valence-electron chi connectivity index (χ3n) is 6.66. The van der Waals surface area contributed by atoms with Gasteiger partial charge in [-0.15, -0.1) is 0 Å². The molecule has 0 radical (unpaired) electrons. The summed E-state index contributed by atoms with van der Waals surface area (Å²) in [5.41, 5.74) is 0. The van der Waals surface area contributed by atoms with Gasteiger partial charge in [0.05, 0.1) is 0 Å². The highest BCUT2D eigenvalue weighted by atomic mass is 32.2. The van der Waals surface area contributed by atoms with Crippen molar-refractivity contribution in [3.05, 3.63) is 12.0 Å². The number of likely N-dealkylation sites (tertiary alicyclic amines) is 1. The Hall–Kier alpha value is -1.45. The molecule has 9 heteroatoms. The highest BCUT2D eigenvalue weighted by molar-refractivity contribution is 7.89. The summed E-state index contributed by atoms with van der Waals surface area (Å²) in [5.74, 6) is 2.17. The normalized spacial score (nSPS) is 24.4. The monoisotopic (exact) mass is 453 g/mol. The second-order valence-electron chi connectivity index (χ2n) is 9.62. The number of nitrogens with zero attached hydrogens (tertiary/aromatic N) is 4. The number of sulfonamides is 1. The number of carbonyl (C=O) groups is 1. The Kier molecular flexibility index (Phi) is 8.15. The van der Waals surface area contributed by atoms with Gasteiger partial charge >= 0.3 is 0 Å². The van der Waals surface area contributed by atoms with E-state index in [1.165, 1.54) is 23.8 Å². The summed E-state index contributed by atoms with van der Waals surface area (Å²) < 4.78 is 28.7. The van der Waals surface area contributed by atoms with Gasteiger partial charge in [0.25, 0.3) is 10.0 Å². The van der Waals surface area contributed by atoms with Crippen LogP contribution in [0.4, 0.5) is 0 Å². The summed E-state index contributed by atoms with van der Waals surface area (Å²) in [4.78, 5) is 19.2. The smallest absolute Gasteiger partial charge is 0.262 e. The van der Waals surface area contributed by atoms with E-state index in [1.54, 1.807) is 24.7 Å². The Morgan fingerprint density at radius 3 is 2.39 bits per heavy atom. The summed E-state index contributed by atoms with van der Waals surface area (Å²) in [6.07, 6.45) is 6.07. The molecule has 1 amide bonds. The van der Waals surface area contributed by atoms with Crippen LogP contribution in [0.3, 0.4) is 0 Å². The van der Waals surface area contributed by atoms with E-state index in [9.17, 15) is 13.2 Å². The van der Waals surface area contributed by atoms with E-state index in [0.717, 1.165) is 31.2 Å². The summed E-state index contributed by atoms with van der Waals surface area (Å²) in [7, 11) is -1.81. The van der Waals surface area contributed by atoms with Gasteiger partial charge in [0.1, 0.15) is 5.82 Å². The Bertz CT molecular complexity index is 816. The van der Waals surface area contributed by atoms with Crippen molar-refractivity contribution in [3.63, 3.8) is 0 Å². The molecule has 2 atom stereocenters. The summed E-state index contributed by atoms with van der Waals surface area (Å²) in [6.45, 7) is 11.4. The standard InChI is InChI=1S/C22H39N5O3S/c1-17-13-18(2)15-26(14-17)10-6-5-9-23-22(28)20-7-11-27(12-8-20)31(29,30)21-16-25(4)19(3)24-21/h16-18,20H,5-15H2,1-4H3,(H,23,28). The van der Waals surface area contributed by atoms with Crippen LogP contribution in [0, 0.1) is 24.7 Å². The molecule has 0 saturated carbocycles. The van der Waals surface area contributed by atoms with Crippen molar-refractivity contribution in [1.82, 2.24) is 24.1 Å². The molecular weight excluding hydrogens is 414 g/mol. The Balaban J connectivity index is 1.35. The predicted molar refractivity (Wildman–Crippen MR) is 121 cm³/mol. The minimum atomic E-state index is -3.59. The van der Waals surface area contributed by atoms with E-state index in [4.69, 9.17) is 0 Å². The molecule has 2 aliphatic heterocycles. The van der Waals surface area contributed by atoms with E-state index < -0.39 is 10.0 Å². The number of unbranched alkanes of at least 4 members (excludes halogenated alkanes) is 1. The summed E-state index contributed by atoms with van der Waals surface area (Å²) in [5, 5.41) is 3.15. The molecule has 2 saturated heterocycles. The maximum Gasteiger partial charge on any atom is 0.262 e. The summed E-state index contributed by atoms with van der Waals surface area (Å²) >= 11 is 0. The van der Waals surface area contributed by atoms with E-state index >= 15 is 0 Å². The lowest BCUT2D eigenvalue weighted by Crippen LogP contribution is -2.43. The van der Waals surface area contributed by atoms with Crippen LogP contribution in [0.2, 0.25) is 0 Å². The maximum atomic E-state index is 12.8. The van der Waals surface area contributed by atoms with Crippen molar-refractivity contribution in [3.8, 4) is 0 Å². The molecule has 0 spiro atoms. The highest BCUT2D eigenvalue weighted by Gasteiger charge is 2.33. The van der Waals surface area contributed by atoms with Gasteiger partial charge in [-0.05, 0) is 57.4 Å². The van der Waals surface area contributed by atoms with Gasteiger partial charge in [0.15, 0.2) is 5.03 Å². The molecule has 2 aliphatic rings. The average Bonchev–Trinajstić information content (AvgIpc) is 3.06. The number of nitrogens with one attached hydrogen (secondary N) is 1. The Morgan fingerprint density at radius 1 is 1.16 bits per heavy atom. The van der Waals surface area contributed by atoms with Crippen molar-refractivity contribution in [2.45, 2.75) is 57.9 Å². The van der Waals surface area contributed by atoms with Crippen LogP contribution in [-0.2, 0) is 21.9 Å². The molecule has 1 N–H and O–H groups in total. The third-order valence-corrected chi connectivity index (χ3v) is 8.43. The zero-order chi connectivity index (χ0) is 22.6. The maximum absolute atomic E-state index is 12.8. The van der Waals surface area contributed by atoms with Crippen molar-refractivity contribution in [1.29, 1.82) is 0 Å². The first-order valence-electron chi connectivity index (χ1n) is 11.7. The van der Waals surface area contributed by atoms with Gasteiger partial charge in [0, 0.05) is 51.9 Å². The van der Waals surface area contributed by atoms with E-state index in [-0.39, 0.29) is 16.9 Å². The number of piperidine rings is 2. The van der Waals surface area contributed by atoms with Crippen molar-refractivity contribution in [2.24, 2.45) is 24.8 Å². The third kappa shape index (κ3) is 6.29. The van der Waals surface area contributed by atoms with Crippen LogP contribution in [0.15, 0.2) is 11.2 Å². The Morgan fingerprint density at radius 2 is 1.81 bits per heavy atom. The van der Waals surface area contributed by atoms with Gasteiger partial charge in [0.2, 0.25) is 5.91 Å². The van der Waals surface area contributed by atoms with Gasteiger partial charge in [-0.1, -0.05) is 13.8 Å². The minimum Gasteiger partial charge on any atom is -0.356 e. The molecule has 2 fully saturated rings. The van der Waals surface area contributed by atoms with Crippen molar-refractivity contribution in [2.75, 3.05) is 39.3 Å². The molecule has 3 heterocycles. The number of rotatable bonds is 8. The molecule has 1 aromatic heterocycles. The zero-order valence-corrected chi connectivity index (χ0v) is 20.3.